The monoisotopic (exact) mass is 577 g/mol. The third kappa shape index (κ3) is 6.42. The van der Waals surface area contributed by atoms with Crippen molar-refractivity contribution in [1.82, 2.24) is 10.2 Å². The molecule has 2 amide bonds. The van der Waals surface area contributed by atoms with Gasteiger partial charge in [0.05, 0.1) is 15.6 Å². The third-order valence-electron chi connectivity index (χ3n) is 5.39. The van der Waals surface area contributed by atoms with E-state index in [9.17, 15) is 18.0 Å². The second-order valence-electron chi connectivity index (χ2n) is 7.72. The van der Waals surface area contributed by atoms with Crippen LogP contribution >= 0.6 is 27.5 Å². The first-order chi connectivity index (χ1) is 16.6. The molecule has 3 rings (SSSR count). The summed E-state index contributed by atoms with van der Waals surface area (Å²) in [5, 5.41) is 2.73. The average molecular weight is 579 g/mol. The molecular weight excluding hydrogens is 554 g/mol. The van der Waals surface area contributed by atoms with E-state index < -0.39 is 28.5 Å². The summed E-state index contributed by atoms with van der Waals surface area (Å²) in [7, 11) is -2.66. The van der Waals surface area contributed by atoms with Gasteiger partial charge in [-0.1, -0.05) is 70.0 Å². The Bertz CT molecular complexity index is 1300. The summed E-state index contributed by atoms with van der Waals surface area (Å²) in [6, 6.07) is 20.7. The average Bonchev–Trinajstić information content (AvgIpc) is 2.85. The van der Waals surface area contributed by atoms with E-state index in [2.05, 4.69) is 21.2 Å². The summed E-state index contributed by atoms with van der Waals surface area (Å²) >= 11 is 9.77. The summed E-state index contributed by atoms with van der Waals surface area (Å²) in [5.41, 5.74) is 0.944. The fourth-order valence-electron chi connectivity index (χ4n) is 3.51. The molecular formula is C25H25BrClN3O4S. The van der Waals surface area contributed by atoms with Gasteiger partial charge >= 0.3 is 0 Å². The Morgan fingerprint density at radius 3 is 2.29 bits per heavy atom. The second-order valence-corrected chi connectivity index (χ2v) is 10.9. The van der Waals surface area contributed by atoms with Crippen LogP contribution < -0.4 is 9.62 Å². The lowest BCUT2D eigenvalue weighted by molar-refractivity contribution is -0.139. The van der Waals surface area contributed by atoms with Crippen molar-refractivity contribution in [3.63, 3.8) is 0 Å². The van der Waals surface area contributed by atoms with Gasteiger partial charge in [-0.25, -0.2) is 8.42 Å². The van der Waals surface area contributed by atoms with E-state index in [4.69, 9.17) is 11.6 Å². The standard InChI is InChI=1S/C25H25BrClN3O4S/c1-18(25(32)28-2)29(16-19-9-8-10-20(26)15-19)24(31)17-30(23-14-7-6-13-22(23)27)35(33,34)21-11-4-3-5-12-21/h3-15,18H,16-17H2,1-2H3,(H,28,32)/t18-/m1/s1. The molecule has 10 heteroatoms. The number of halogens is 2. The lowest BCUT2D eigenvalue weighted by Gasteiger charge is -2.32. The highest BCUT2D eigenvalue weighted by molar-refractivity contribution is 9.10. The number of amides is 2. The number of carbonyl (C=O) groups excluding carboxylic acids is 2. The smallest absolute Gasteiger partial charge is 0.264 e. The highest BCUT2D eigenvalue weighted by atomic mass is 79.9. The summed E-state index contributed by atoms with van der Waals surface area (Å²) in [4.78, 5) is 27.5. The van der Waals surface area contributed by atoms with Crippen molar-refractivity contribution in [2.45, 2.75) is 24.4 Å². The third-order valence-corrected chi connectivity index (χ3v) is 7.97. The van der Waals surface area contributed by atoms with Gasteiger partial charge in [-0.15, -0.1) is 0 Å². The number of likely N-dealkylation sites (N-methyl/N-ethyl adjacent to an activating group) is 1. The summed E-state index contributed by atoms with van der Waals surface area (Å²) in [6.45, 7) is 1.16. The molecule has 35 heavy (non-hydrogen) atoms. The molecule has 0 aliphatic heterocycles. The van der Waals surface area contributed by atoms with Crippen molar-refractivity contribution in [2.75, 3.05) is 17.9 Å². The summed E-state index contributed by atoms with van der Waals surface area (Å²) in [5.74, 6) is -0.927. The van der Waals surface area contributed by atoms with Gasteiger partial charge in [0.2, 0.25) is 11.8 Å². The molecule has 0 aliphatic rings. The van der Waals surface area contributed by atoms with Crippen molar-refractivity contribution in [1.29, 1.82) is 0 Å². The maximum Gasteiger partial charge on any atom is 0.264 e. The van der Waals surface area contributed by atoms with Crippen LogP contribution in [0.4, 0.5) is 5.69 Å². The van der Waals surface area contributed by atoms with Crippen molar-refractivity contribution in [2.24, 2.45) is 0 Å². The number of anilines is 1. The number of rotatable bonds is 9. The van der Waals surface area contributed by atoms with Gasteiger partial charge in [-0.3, -0.25) is 13.9 Å². The zero-order valence-electron chi connectivity index (χ0n) is 19.2. The highest BCUT2D eigenvalue weighted by Crippen LogP contribution is 2.30. The van der Waals surface area contributed by atoms with Gasteiger partial charge in [-0.2, -0.15) is 0 Å². The van der Waals surface area contributed by atoms with Crippen LogP contribution in [0.3, 0.4) is 0 Å². The van der Waals surface area contributed by atoms with Crippen LogP contribution in [0.25, 0.3) is 0 Å². The molecule has 0 saturated carbocycles. The van der Waals surface area contributed by atoms with Crippen LogP contribution in [0.15, 0.2) is 88.2 Å². The molecule has 1 atom stereocenters. The van der Waals surface area contributed by atoms with E-state index in [1.165, 1.54) is 30.1 Å². The zero-order chi connectivity index (χ0) is 25.6. The molecule has 0 spiro atoms. The van der Waals surface area contributed by atoms with Crippen molar-refractivity contribution in [3.8, 4) is 0 Å². The van der Waals surface area contributed by atoms with E-state index >= 15 is 0 Å². The van der Waals surface area contributed by atoms with Crippen LogP contribution in [0.1, 0.15) is 12.5 Å². The molecule has 0 radical (unpaired) electrons. The van der Waals surface area contributed by atoms with Crippen molar-refractivity contribution < 1.29 is 18.0 Å². The topological polar surface area (TPSA) is 86.8 Å². The van der Waals surface area contributed by atoms with Crippen LogP contribution in [0.2, 0.25) is 5.02 Å². The lowest BCUT2D eigenvalue weighted by Crippen LogP contribution is -2.50. The molecule has 0 aliphatic carbocycles. The van der Waals surface area contributed by atoms with Crippen molar-refractivity contribution >= 4 is 55.1 Å². The first-order valence-corrected chi connectivity index (χ1v) is 13.3. The summed E-state index contributed by atoms with van der Waals surface area (Å²) in [6.07, 6.45) is 0. The Hall–Kier alpha value is -2.88. The first kappa shape index (κ1) is 26.7. The predicted molar refractivity (Wildman–Crippen MR) is 141 cm³/mol. The Labute approximate surface area is 218 Å². The number of carbonyl (C=O) groups is 2. The van der Waals surface area contributed by atoms with Gasteiger partial charge in [0, 0.05) is 18.1 Å². The normalized spacial score (nSPS) is 12.0. The Morgan fingerprint density at radius 1 is 1.00 bits per heavy atom. The maximum atomic E-state index is 13.7. The number of benzene rings is 3. The molecule has 0 bridgehead atoms. The Balaban J connectivity index is 2.04. The van der Waals surface area contributed by atoms with Crippen LogP contribution in [0.5, 0.6) is 0 Å². The number of nitrogens with zero attached hydrogens (tertiary/aromatic N) is 2. The summed E-state index contributed by atoms with van der Waals surface area (Å²) < 4.78 is 29.0. The molecule has 1 N–H and O–H groups in total. The highest BCUT2D eigenvalue weighted by Gasteiger charge is 2.33. The van der Waals surface area contributed by atoms with Crippen LogP contribution in [0, 0.1) is 0 Å². The minimum Gasteiger partial charge on any atom is -0.357 e. The fraction of sp³-hybridized carbons (Fsp3) is 0.200. The van der Waals surface area contributed by atoms with Gasteiger partial charge in [0.25, 0.3) is 10.0 Å². The molecule has 0 aromatic heterocycles. The largest absolute Gasteiger partial charge is 0.357 e. The number of sulfonamides is 1. The van der Waals surface area contributed by atoms with Crippen LogP contribution in [-0.2, 0) is 26.2 Å². The SMILES string of the molecule is CNC(=O)[C@@H](C)N(Cc1cccc(Br)c1)C(=O)CN(c1ccccc1Cl)S(=O)(=O)c1ccccc1. The molecule has 3 aromatic carbocycles. The van der Waals surface area contributed by atoms with Crippen LogP contribution in [-0.4, -0.2) is 44.8 Å². The maximum absolute atomic E-state index is 13.7. The molecule has 184 valence electrons. The fourth-order valence-corrected chi connectivity index (χ4v) is 5.70. The number of hydrogen-bond donors (Lipinski definition) is 1. The van der Waals surface area contributed by atoms with Gasteiger partial charge in [0.1, 0.15) is 12.6 Å². The number of hydrogen-bond acceptors (Lipinski definition) is 4. The molecule has 0 saturated heterocycles. The minimum absolute atomic E-state index is 0.0191. The first-order valence-electron chi connectivity index (χ1n) is 10.7. The molecule has 0 heterocycles. The molecule has 0 unspecified atom stereocenters. The van der Waals surface area contributed by atoms with Gasteiger partial charge in [-0.05, 0) is 48.9 Å². The number of nitrogens with one attached hydrogen (secondary N) is 1. The Kier molecular flexibility index (Phi) is 8.93. The lowest BCUT2D eigenvalue weighted by atomic mass is 10.1. The molecule has 3 aromatic rings. The second kappa shape index (κ2) is 11.7. The predicted octanol–water partition coefficient (Wildman–Crippen LogP) is 4.46. The molecule has 7 nitrogen and oxygen atoms in total. The number of para-hydroxylation sites is 1. The quantitative estimate of drug-likeness (QED) is 0.406. The van der Waals surface area contributed by atoms with E-state index in [1.54, 1.807) is 43.3 Å². The van der Waals surface area contributed by atoms with Gasteiger partial charge < -0.3 is 10.2 Å². The zero-order valence-corrected chi connectivity index (χ0v) is 22.3. The van der Waals surface area contributed by atoms with E-state index in [0.717, 1.165) is 14.3 Å². The van der Waals surface area contributed by atoms with E-state index in [0.29, 0.717) is 0 Å². The van der Waals surface area contributed by atoms with Gasteiger partial charge in [0.15, 0.2) is 0 Å². The van der Waals surface area contributed by atoms with Crippen molar-refractivity contribution in [3.05, 3.63) is 93.9 Å². The van der Waals surface area contributed by atoms with E-state index in [1.807, 2.05) is 24.3 Å². The molecule has 0 fully saturated rings. The van der Waals surface area contributed by atoms with E-state index in [-0.39, 0.29) is 28.1 Å². The minimum atomic E-state index is -4.14. The Morgan fingerprint density at radius 2 is 1.66 bits per heavy atom.